The van der Waals surface area contributed by atoms with Gasteiger partial charge in [0.2, 0.25) is 5.91 Å². The van der Waals surface area contributed by atoms with Gasteiger partial charge in [0.25, 0.3) is 5.72 Å². The molecule has 0 fully saturated rings. The summed E-state index contributed by atoms with van der Waals surface area (Å²) >= 11 is 0. The van der Waals surface area contributed by atoms with Crippen LogP contribution in [-0.4, -0.2) is 33.6 Å². The van der Waals surface area contributed by atoms with Gasteiger partial charge in [0.1, 0.15) is 0 Å². The normalized spacial score (nSPS) is 25.9. The molecular formula is C9H13F3N2O2. The molecule has 0 aromatic rings. The third-order valence-electron chi connectivity index (χ3n) is 2.33. The van der Waals surface area contributed by atoms with Gasteiger partial charge >= 0.3 is 6.18 Å². The first-order valence-corrected chi connectivity index (χ1v) is 4.88. The molecule has 1 atom stereocenters. The van der Waals surface area contributed by atoms with E-state index < -0.39 is 24.2 Å². The highest BCUT2D eigenvalue weighted by Crippen LogP contribution is 2.40. The Morgan fingerprint density at radius 3 is 2.50 bits per heavy atom. The fourth-order valence-corrected chi connectivity index (χ4v) is 1.60. The maximum atomic E-state index is 12.7. The van der Waals surface area contributed by atoms with E-state index in [1.807, 2.05) is 0 Å². The van der Waals surface area contributed by atoms with Crippen molar-refractivity contribution in [3.63, 3.8) is 0 Å². The summed E-state index contributed by atoms with van der Waals surface area (Å²) in [6, 6.07) is 0. The number of hydrogen-bond donors (Lipinski definition) is 1. The molecule has 1 N–H and O–H groups in total. The molecule has 0 saturated carbocycles. The van der Waals surface area contributed by atoms with Gasteiger partial charge < -0.3 is 5.11 Å². The highest BCUT2D eigenvalue weighted by Gasteiger charge is 2.62. The molecule has 0 radical (unpaired) electrons. The zero-order valence-electron chi connectivity index (χ0n) is 9.01. The van der Waals surface area contributed by atoms with Crippen LogP contribution in [-0.2, 0) is 4.79 Å². The molecule has 0 bridgehead atoms. The lowest BCUT2D eigenvalue weighted by Crippen LogP contribution is -2.56. The number of amides is 1. The zero-order chi connectivity index (χ0) is 12.6. The van der Waals surface area contributed by atoms with Gasteiger partial charge in [-0.1, -0.05) is 13.3 Å². The molecule has 0 aromatic heterocycles. The number of carbonyl (C=O) groups is 1. The van der Waals surface area contributed by atoms with Crippen molar-refractivity contribution in [1.82, 2.24) is 5.01 Å². The van der Waals surface area contributed by atoms with E-state index in [-0.39, 0.29) is 10.7 Å². The second-order valence-corrected chi connectivity index (χ2v) is 3.74. The molecule has 0 spiro atoms. The summed E-state index contributed by atoms with van der Waals surface area (Å²) in [5, 5.41) is 13.2. The number of aliphatic hydroxyl groups is 1. The number of alkyl halides is 3. The minimum Gasteiger partial charge on any atom is -0.362 e. The first-order valence-electron chi connectivity index (χ1n) is 4.88. The predicted molar refractivity (Wildman–Crippen MR) is 50.5 cm³/mol. The van der Waals surface area contributed by atoms with Crippen LogP contribution in [0.2, 0.25) is 0 Å². The quantitative estimate of drug-likeness (QED) is 0.795. The Morgan fingerprint density at radius 1 is 1.62 bits per heavy atom. The lowest BCUT2D eigenvalue weighted by molar-refractivity contribution is -0.302. The highest BCUT2D eigenvalue weighted by molar-refractivity contribution is 5.90. The molecule has 1 aliphatic rings. The van der Waals surface area contributed by atoms with Gasteiger partial charge in [0.05, 0.1) is 0 Å². The fraction of sp³-hybridized carbons (Fsp3) is 0.778. The topological polar surface area (TPSA) is 52.9 Å². The number of halogens is 3. The smallest absolute Gasteiger partial charge is 0.362 e. The van der Waals surface area contributed by atoms with Crippen LogP contribution in [0, 0.1) is 0 Å². The summed E-state index contributed by atoms with van der Waals surface area (Å²) in [7, 11) is 0. The monoisotopic (exact) mass is 238 g/mol. The van der Waals surface area contributed by atoms with Gasteiger partial charge in [-0.15, -0.1) is 0 Å². The van der Waals surface area contributed by atoms with Crippen LogP contribution in [0.3, 0.4) is 0 Å². The molecule has 92 valence electrons. The summed E-state index contributed by atoms with van der Waals surface area (Å²) in [6.45, 7) is 2.72. The van der Waals surface area contributed by atoms with Crippen molar-refractivity contribution in [2.24, 2.45) is 5.10 Å². The van der Waals surface area contributed by atoms with Crippen LogP contribution in [0.4, 0.5) is 13.2 Å². The van der Waals surface area contributed by atoms with Gasteiger partial charge in [-0.05, 0) is 6.42 Å². The van der Waals surface area contributed by atoms with Crippen LogP contribution in [0.1, 0.15) is 33.1 Å². The molecule has 1 aliphatic heterocycles. The van der Waals surface area contributed by atoms with E-state index in [1.54, 1.807) is 6.92 Å². The van der Waals surface area contributed by atoms with E-state index in [0.717, 1.165) is 6.92 Å². The summed E-state index contributed by atoms with van der Waals surface area (Å²) in [5.74, 6) is -0.925. The van der Waals surface area contributed by atoms with E-state index in [4.69, 9.17) is 0 Å². The van der Waals surface area contributed by atoms with Crippen molar-refractivity contribution in [1.29, 1.82) is 0 Å². The van der Waals surface area contributed by atoms with Gasteiger partial charge in [0, 0.05) is 19.1 Å². The van der Waals surface area contributed by atoms with E-state index >= 15 is 0 Å². The molecule has 1 heterocycles. The number of hydrogen-bond acceptors (Lipinski definition) is 3. The first kappa shape index (κ1) is 13.0. The average molecular weight is 238 g/mol. The van der Waals surface area contributed by atoms with E-state index in [2.05, 4.69) is 5.10 Å². The molecule has 7 heteroatoms. The van der Waals surface area contributed by atoms with E-state index in [0.29, 0.717) is 12.8 Å². The number of rotatable bonds is 2. The number of hydrazone groups is 1. The van der Waals surface area contributed by atoms with Gasteiger partial charge in [-0.25, -0.2) is 0 Å². The minimum absolute atomic E-state index is 0.123. The molecule has 0 aromatic carbocycles. The van der Waals surface area contributed by atoms with Crippen molar-refractivity contribution >= 4 is 11.6 Å². The highest BCUT2D eigenvalue weighted by atomic mass is 19.4. The van der Waals surface area contributed by atoms with Crippen LogP contribution in [0.25, 0.3) is 0 Å². The summed E-state index contributed by atoms with van der Waals surface area (Å²) in [4.78, 5) is 11.0. The van der Waals surface area contributed by atoms with Gasteiger partial charge in [-0.3, -0.25) is 4.79 Å². The molecular weight excluding hydrogens is 225 g/mol. The zero-order valence-corrected chi connectivity index (χ0v) is 9.01. The van der Waals surface area contributed by atoms with Crippen molar-refractivity contribution in [2.75, 3.05) is 0 Å². The van der Waals surface area contributed by atoms with Crippen LogP contribution >= 0.6 is 0 Å². The molecule has 0 saturated heterocycles. The lowest BCUT2D eigenvalue weighted by atomic mass is 10.0. The largest absolute Gasteiger partial charge is 0.438 e. The Morgan fingerprint density at radius 2 is 2.19 bits per heavy atom. The second-order valence-electron chi connectivity index (χ2n) is 3.74. The van der Waals surface area contributed by atoms with Gasteiger partial charge in [-0.2, -0.15) is 23.3 Å². The Labute approximate surface area is 90.7 Å². The molecule has 1 rings (SSSR count). The van der Waals surface area contributed by atoms with E-state index in [1.165, 1.54) is 0 Å². The summed E-state index contributed by atoms with van der Waals surface area (Å²) in [5.41, 5.74) is -2.99. The molecule has 0 unspecified atom stereocenters. The Balaban J connectivity index is 3.02. The first-order chi connectivity index (χ1) is 7.22. The summed E-state index contributed by atoms with van der Waals surface area (Å²) < 4.78 is 38.0. The van der Waals surface area contributed by atoms with Crippen LogP contribution < -0.4 is 0 Å². The Bertz CT molecular complexity index is 327. The predicted octanol–water partition coefficient (Wildman–Crippen LogP) is 1.65. The molecule has 0 aliphatic carbocycles. The summed E-state index contributed by atoms with van der Waals surface area (Å²) in [6.07, 6.45) is -4.62. The lowest BCUT2D eigenvalue weighted by Gasteiger charge is -2.31. The van der Waals surface area contributed by atoms with Crippen LogP contribution in [0.5, 0.6) is 0 Å². The third-order valence-corrected chi connectivity index (χ3v) is 2.33. The van der Waals surface area contributed by atoms with Crippen molar-refractivity contribution < 1.29 is 23.1 Å². The fourth-order valence-electron chi connectivity index (χ4n) is 1.60. The SMILES string of the molecule is CCCC1=NN(C(C)=O)[C@](O)(C(F)(F)F)C1. The second kappa shape index (κ2) is 4.04. The van der Waals surface area contributed by atoms with E-state index in [9.17, 15) is 23.1 Å². The molecule has 4 nitrogen and oxygen atoms in total. The standard InChI is InChI=1S/C9H13F3N2O2/c1-3-4-7-5-8(16,9(10,11)12)14(13-7)6(2)15/h16H,3-5H2,1-2H3/t8-/m1/s1. The van der Waals surface area contributed by atoms with Crippen molar-refractivity contribution in [3.05, 3.63) is 0 Å². The van der Waals surface area contributed by atoms with Gasteiger partial charge in [0.15, 0.2) is 0 Å². The van der Waals surface area contributed by atoms with Crippen LogP contribution in [0.15, 0.2) is 5.10 Å². The average Bonchev–Trinajstić information content (AvgIpc) is 2.44. The Hall–Kier alpha value is -1.11. The molecule has 1 amide bonds. The molecule has 16 heavy (non-hydrogen) atoms. The van der Waals surface area contributed by atoms with Crippen molar-refractivity contribution in [3.8, 4) is 0 Å². The minimum atomic E-state index is -4.91. The number of nitrogens with zero attached hydrogens (tertiary/aromatic N) is 2. The maximum absolute atomic E-state index is 12.7. The van der Waals surface area contributed by atoms with Crippen molar-refractivity contribution in [2.45, 2.75) is 45.0 Å². The number of carbonyl (C=O) groups excluding carboxylic acids is 1. The Kier molecular flexibility index (Phi) is 3.27. The third kappa shape index (κ3) is 2.04. The maximum Gasteiger partial charge on any atom is 0.438 e.